The lowest BCUT2D eigenvalue weighted by Crippen LogP contribution is -2.05. The van der Waals surface area contributed by atoms with Crippen LogP contribution in [-0.4, -0.2) is 17.0 Å². The van der Waals surface area contributed by atoms with Gasteiger partial charge < -0.3 is 5.11 Å². The minimum atomic E-state index is -2.54. The van der Waals surface area contributed by atoms with Crippen molar-refractivity contribution in [3.05, 3.63) is 34.9 Å². The number of carboxylic acids is 1. The Morgan fingerprint density at radius 3 is 2.59 bits per heavy atom. The quantitative estimate of drug-likeness (QED) is 0.798. The van der Waals surface area contributed by atoms with Gasteiger partial charge in [0.1, 0.15) is 0 Å². The van der Waals surface area contributed by atoms with Gasteiger partial charge in [0.05, 0.1) is 6.42 Å². The van der Waals surface area contributed by atoms with E-state index in [0.717, 1.165) is 0 Å². The highest BCUT2D eigenvalue weighted by molar-refractivity contribution is 6.17. The molecular formula is C12H13ClF2O2. The molecule has 1 aromatic rings. The van der Waals surface area contributed by atoms with Crippen LogP contribution in [0.1, 0.15) is 29.5 Å². The molecule has 0 aromatic heterocycles. The molecular weight excluding hydrogens is 250 g/mol. The van der Waals surface area contributed by atoms with Crippen LogP contribution in [0.25, 0.3) is 0 Å². The van der Waals surface area contributed by atoms with Crippen molar-refractivity contribution in [2.24, 2.45) is 0 Å². The van der Waals surface area contributed by atoms with Crippen LogP contribution < -0.4 is 0 Å². The predicted octanol–water partition coefficient (Wildman–Crippen LogP) is 3.42. The summed E-state index contributed by atoms with van der Waals surface area (Å²) in [6, 6.07) is 4.10. The molecule has 0 amide bonds. The van der Waals surface area contributed by atoms with Crippen molar-refractivity contribution < 1.29 is 18.7 Å². The Labute approximate surface area is 103 Å². The van der Waals surface area contributed by atoms with E-state index in [2.05, 4.69) is 0 Å². The Bertz CT molecular complexity index is 394. The first-order valence-corrected chi connectivity index (χ1v) is 5.75. The second-order valence-electron chi connectivity index (χ2n) is 3.69. The summed E-state index contributed by atoms with van der Waals surface area (Å²) in [5, 5.41) is 8.72. The molecule has 5 heteroatoms. The molecule has 0 saturated heterocycles. The normalized spacial score (nSPS) is 10.8. The Morgan fingerprint density at radius 2 is 2.06 bits per heavy atom. The summed E-state index contributed by atoms with van der Waals surface area (Å²) in [7, 11) is 0. The minimum Gasteiger partial charge on any atom is -0.481 e. The average Bonchev–Trinajstić information content (AvgIpc) is 2.26. The van der Waals surface area contributed by atoms with E-state index in [4.69, 9.17) is 16.7 Å². The van der Waals surface area contributed by atoms with E-state index in [-0.39, 0.29) is 12.0 Å². The van der Waals surface area contributed by atoms with Crippen molar-refractivity contribution in [2.45, 2.75) is 25.7 Å². The maximum atomic E-state index is 12.5. The standard InChI is InChI=1S/C12H13ClF2O2/c13-5-1-2-8-6-10(12(14)15)4-3-9(8)7-11(16)17/h3-4,6,12H,1-2,5,7H2,(H,16,17). The van der Waals surface area contributed by atoms with Gasteiger partial charge in [-0.15, -0.1) is 11.6 Å². The van der Waals surface area contributed by atoms with Crippen molar-refractivity contribution in [3.8, 4) is 0 Å². The molecule has 0 unspecified atom stereocenters. The molecule has 0 spiro atoms. The molecule has 1 aromatic carbocycles. The Morgan fingerprint density at radius 1 is 1.35 bits per heavy atom. The molecule has 0 aliphatic heterocycles. The highest BCUT2D eigenvalue weighted by Crippen LogP contribution is 2.23. The molecule has 0 saturated carbocycles. The second-order valence-corrected chi connectivity index (χ2v) is 4.07. The van der Waals surface area contributed by atoms with Gasteiger partial charge in [-0.2, -0.15) is 0 Å². The molecule has 0 heterocycles. The molecule has 0 radical (unpaired) electrons. The summed E-state index contributed by atoms with van der Waals surface area (Å²) < 4.78 is 25.0. The van der Waals surface area contributed by atoms with Crippen LogP contribution in [-0.2, 0) is 17.6 Å². The third-order valence-corrected chi connectivity index (χ3v) is 2.67. The lowest BCUT2D eigenvalue weighted by Gasteiger charge is -2.09. The maximum Gasteiger partial charge on any atom is 0.307 e. The first-order valence-electron chi connectivity index (χ1n) is 5.22. The van der Waals surface area contributed by atoms with Crippen LogP contribution in [0.4, 0.5) is 8.78 Å². The maximum absolute atomic E-state index is 12.5. The molecule has 1 N–H and O–H groups in total. The van der Waals surface area contributed by atoms with Crippen LogP contribution in [0, 0.1) is 0 Å². The van der Waals surface area contributed by atoms with Gasteiger partial charge in [0.15, 0.2) is 0 Å². The van der Waals surface area contributed by atoms with E-state index in [1.165, 1.54) is 18.2 Å². The van der Waals surface area contributed by atoms with Crippen LogP contribution in [0.5, 0.6) is 0 Å². The molecule has 2 nitrogen and oxygen atoms in total. The monoisotopic (exact) mass is 262 g/mol. The number of hydrogen-bond donors (Lipinski definition) is 1. The largest absolute Gasteiger partial charge is 0.481 e. The number of benzene rings is 1. The average molecular weight is 263 g/mol. The SMILES string of the molecule is O=C(O)Cc1ccc(C(F)F)cc1CCCCl. The molecule has 0 aliphatic rings. The number of aliphatic carboxylic acids is 1. The summed E-state index contributed by atoms with van der Waals surface area (Å²) in [4.78, 5) is 10.6. The zero-order chi connectivity index (χ0) is 12.8. The highest BCUT2D eigenvalue weighted by Gasteiger charge is 2.12. The number of alkyl halides is 3. The molecule has 94 valence electrons. The number of carbonyl (C=O) groups is 1. The van der Waals surface area contributed by atoms with Gasteiger partial charge in [-0.25, -0.2) is 8.78 Å². The number of rotatable bonds is 6. The summed E-state index contributed by atoms with van der Waals surface area (Å²) >= 11 is 5.55. The van der Waals surface area contributed by atoms with Crippen molar-refractivity contribution in [1.29, 1.82) is 0 Å². The smallest absolute Gasteiger partial charge is 0.307 e. The Balaban J connectivity index is 2.98. The minimum absolute atomic E-state index is 0.0799. The third kappa shape index (κ3) is 4.30. The van der Waals surface area contributed by atoms with Crippen molar-refractivity contribution in [2.75, 3.05) is 5.88 Å². The van der Waals surface area contributed by atoms with Crippen LogP contribution in [0.15, 0.2) is 18.2 Å². The number of aryl methyl sites for hydroxylation is 1. The van der Waals surface area contributed by atoms with Gasteiger partial charge >= 0.3 is 5.97 Å². The van der Waals surface area contributed by atoms with Gasteiger partial charge in [0.2, 0.25) is 0 Å². The Hall–Kier alpha value is -1.16. The summed E-state index contributed by atoms with van der Waals surface area (Å²) in [6.45, 7) is 0. The number of hydrogen-bond acceptors (Lipinski definition) is 1. The molecule has 0 bridgehead atoms. The number of carboxylic acid groups (broad SMARTS) is 1. The first kappa shape index (κ1) is 13.9. The third-order valence-electron chi connectivity index (χ3n) is 2.40. The fourth-order valence-corrected chi connectivity index (χ4v) is 1.74. The fraction of sp³-hybridized carbons (Fsp3) is 0.417. The first-order chi connectivity index (χ1) is 8.04. The molecule has 0 aliphatic carbocycles. The van der Waals surface area contributed by atoms with Crippen LogP contribution >= 0.6 is 11.6 Å². The molecule has 17 heavy (non-hydrogen) atoms. The van der Waals surface area contributed by atoms with Crippen molar-refractivity contribution in [1.82, 2.24) is 0 Å². The van der Waals surface area contributed by atoms with Crippen molar-refractivity contribution in [3.63, 3.8) is 0 Å². The molecule has 1 rings (SSSR count). The van der Waals surface area contributed by atoms with E-state index < -0.39 is 12.4 Å². The second kappa shape index (κ2) is 6.55. The van der Waals surface area contributed by atoms with E-state index in [1.54, 1.807) is 0 Å². The van der Waals surface area contributed by atoms with Crippen LogP contribution in [0.3, 0.4) is 0 Å². The van der Waals surface area contributed by atoms with Gasteiger partial charge in [-0.1, -0.05) is 12.1 Å². The zero-order valence-electron chi connectivity index (χ0n) is 9.13. The molecule has 0 fully saturated rings. The van der Waals surface area contributed by atoms with Crippen molar-refractivity contribution >= 4 is 17.6 Å². The summed E-state index contributed by atoms with van der Waals surface area (Å²) in [5.41, 5.74) is 1.14. The predicted molar refractivity (Wildman–Crippen MR) is 61.8 cm³/mol. The summed E-state index contributed by atoms with van der Waals surface area (Å²) in [5.74, 6) is -0.548. The topological polar surface area (TPSA) is 37.3 Å². The van der Waals surface area contributed by atoms with E-state index in [0.29, 0.717) is 29.8 Å². The van der Waals surface area contributed by atoms with Gasteiger partial charge in [0, 0.05) is 11.4 Å². The molecule has 0 atom stereocenters. The fourth-order valence-electron chi connectivity index (χ4n) is 1.61. The van der Waals surface area contributed by atoms with Gasteiger partial charge in [-0.05, 0) is 30.0 Å². The van der Waals surface area contributed by atoms with Gasteiger partial charge in [-0.3, -0.25) is 4.79 Å². The zero-order valence-corrected chi connectivity index (χ0v) is 9.88. The highest BCUT2D eigenvalue weighted by atomic mass is 35.5. The van der Waals surface area contributed by atoms with E-state index >= 15 is 0 Å². The van der Waals surface area contributed by atoms with E-state index in [1.807, 2.05) is 0 Å². The van der Waals surface area contributed by atoms with E-state index in [9.17, 15) is 13.6 Å². The van der Waals surface area contributed by atoms with Crippen LogP contribution in [0.2, 0.25) is 0 Å². The van der Waals surface area contributed by atoms with Gasteiger partial charge in [0.25, 0.3) is 6.43 Å². The lowest BCUT2D eigenvalue weighted by molar-refractivity contribution is -0.136. The summed E-state index contributed by atoms with van der Waals surface area (Å²) in [6.07, 6.45) is -1.53. The lowest BCUT2D eigenvalue weighted by atomic mass is 9.98. The number of halogens is 3. The Kier molecular flexibility index (Phi) is 5.35.